The minimum absolute atomic E-state index is 0.0210. The number of hydrogen-bond acceptors (Lipinski definition) is 5. The molecule has 0 saturated carbocycles. The highest BCUT2D eigenvalue weighted by Crippen LogP contribution is 2.36. The van der Waals surface area contributed by atoms with Crippen LogP contribution in [0, 0.1) is 17.2 Å². The van der Waals surface area contributed by atoms with Gasteiger partial charge >= 0.3 is 0 Å². The molecule has 0 aliphatic carbocycles. The molecule has 1 N–H and O–H groups in total. The van der Waals surface area contributed by atoms with Crippen LogP contribution in [0.1, 0.15) is 20.8 Å². The third-order valence-corrected chi connectivity index (χ3v) is 5.99. The van der Waals surface area contributed by atoms with Crippen LogP contribution >= 0.6 is 15.9 Å². The van der Waals surface area contributed by atoms with E-state index in [-0.39, 0.29) is 16.6 Å². The van der Waals surface area contributed by atoms with Crippen molar-refractivity contribution in [2.24, 2.45) is 5.92 Å². The molecule has 1 aromatic carbocycles. The largest absolute Gasteiger partial charge is 0.493 e. The standard InChI is InChI=1S/C14H19BrN2O4S/c1-9(2)14(3,8-16)17-22(18,19)13-7-12(21-5)11(20-4)6-10(13)15/h6-7,9,17H,1-5H3/t14-/m1/s1. The summed E-state index contributed by atoms with van der Waals surface area (Å²) in [5, 5.41) is 9.28. The highest BCUT2D eigenvalue weighted by molar-refractivity contribution is 9.10. The lowest BCUT2D eigenvalue weighted by atomic mass is 9.92. The third-order valence-electron chi connectivity index (χ3n) is 3.46. The Hall–Kier alpha value is -1.30. The normalized spacial score (nSPS) is 14.3. The van der Waals surface area contributed by atoms with Crippen LogP contribution in [0.2, 0.25) is 0 Å². The molecule has 0 radical (unpaired) electrons. The summed E-state index contributed by atoms with van der Waals surface area (Å²) in [5.74, 6) is 0.487. The first-order valence-corrected chi connectivity index (χ1v) is 8.75. The molecule has 0 heterocycles. The SMILES string of the molecule is COc1cc(Br)c(S(=O)(=O)N[C@](C)(C#N)C(C)C)cc1OC. The van der Waals surface area contributed by atoms with Crippen LogP contribution in [0.15, 0.2) is 21.5 Å². The first-order valence-electron chi connectivity index (χ1n) is 6.48. The third kappa shape index (κ3) is 3.72. The Morgan fingerprint density at radius 2 is 1.77 bits per heavy atom. The summed E-state index contributed by atoms with van der Waals surface area (Å²) in [6, 6.07) is 4.87. The fraction of sp³-hybridized carbons (Fsp3) is 0.500. The van der Waals surface area contributed by atoms with Crippen molar-refractivity contribution in [1.29, 1.82) is 5.26 Å². The lowest BCUT2D eigenvalue weighted by molar-refractivity contribution is 0.353. The monoisotopic (exact) mass is 390 g/mol. The molecule has 0 aromatic heterocycles. The number of halogens is 1. The molecule has 0 saturated heterocycles. The van der Waals surface area contributed by atoms with E-state index in [0.29, 0.717) is 10.2 Å². The van der Waals surface area contributed by atoms with Crippen molar-refractivity contribution >= 4 is 26.0 Å². The lowest BCUT2D eigenvalue weighted by Gasteiger charge is -2.27. The quantitative estimate of drug-likeness (QED) is 0.806. The van der Waals surface area contributed by atoms with Crippen molar-refractivity contribution in [1.82, 2.24) is 4.72 Å². The Labute approximate surface area is 139 Å². The van der Waals surface area contributed by atoms with Gasteiger partial charge in [0.05, 0.1) is 20.3 Å². The highest BCUT2D eigenvalue weighted by Gasteiger charge is 2.35. The van der Waals surface area contributed by atoms with Crippen LogP contribution in [0.4, 0.5) is 0 Å². The summed E-state index contributed by atoms with van der Waals surface area (Å²) in [4.78, 5) is -0.0210. The minimum atomic E-state index is -3.92. The molecule has 0 unspecified atom stereocenters. The number of nitriles is 1. The fourth-order valence-corrected chi connectivity index (χ4v) is 4.13. The number of methoxy groups -OCH3 is 2. The van der Waals surface area contributed by atoms with Crippen LogP contribution in [-0.4, -0.2) is 28.2 Å². The number of hydrogen-bond donors (Lipinski definition) is 1. The van der Waals surface area contributed by atoms with Crippen molar-refractivity contribution in [3.8, 4) is 17.6 Å². The van der Waals surface area contributed by atoms with Gasteiger partial charge in [-0.05, 0) is 34.8 Å². The Bertz CT molecular complexity index is 698. The van der Waals surface area contributed by atoms with E-state index in [4.69, 9.17) is 9.47 Å². The van der Waals surface area contributed by atoms with Crippen LogP contribution in [0.25, 0.3) is 0 Å². The second-order valence-electron chi connectivity index (χ2n) is 5.21. The van der Waals surface area contributed by atoms with Gasteiger partial charge in [-0.3, -0.25) is 0 Å². The number of nitrogens with one attached hydrogen (secondary N) is 1. The second-order valence-corrected chi connectivity index (χ2v) is 7.72. The molecule has 0 aliphatic rings. The summed E-state index contributed by atoms with van der Waals surface area (Å²) in [6.07, 6.45) is 0. The molecule has 8 heteroatoms. The van der Waals surface area contributed by atoms with E-state index >= 15 is 0 Å². The van der Waals surface area contributed by atoms with Crippen molar-refractivity contribution < 1.29 is 17.9 Å². The molecule has 0 amide bonds. The number of nitrogens with zero attached hydrogens (tertiary/aromatic N) is 1. The summed E-state index contributed by atoms with van der Waals surface area (Å²) in [7, 11) is -1.04. The summed E-state index contributed by atoms with van der Waals surface area (Å²) in [6.45, 7) is 5.09. The maximum absolute atomic E-state index is 12.6. The Morgan fingerprint density at radius 1 is 1.27 bits per heavy atom. The predicted octanol–water partition coefficient (Wildman–Crippen LogP) is 2.68. The van der Waals surface area contributed by atoms with Crippen LogP contribution < -0.4 is 14.2 Å². The molecule has 1 atom stereocenters. The molecule has 1 rings (SSSR count). The van der Waals surface area contributed by atoms with E-state index in [1.807, 2.05) is 6.07 Å². The van der Waals surface area contributed by atoms with Crippen molar-refractivity contribution in [3.63, 3.8) is 0 Å². The molecule has 0 spiro atoms. The van der Waals surface area contributed by atoms with Gasteiger partial charge in [0, 0.05) is 10.5 Å². The zero-order valence-corrected chi connectivity index (χ0v) is 15.5. The fourth-order valence-electron chi connectivity index (χ4n) is 1.65. The van der Waals surface area contributed by atoms with E-state index in [2.05, 4.69) is 20.7 Å². The van der Waals surface area contributed by atoms with Crippen LogP contribution in [-0.2, 0) is 10.0 Å². The van der Waals surface area contributed by atoms with Crippen LogP contribution in [0.3, 0.4) is 0 Å². The maximum atomic E-state index is 12.6. The van der Waals surface area contributed by atoms with Crippen molar-refractivity contribution in [2.45, 2.75) is 31.2 Å². The molecule has 0 bridgehead atoms. The first kappa shape index (κ1) is 18.7. The molecule has 0 fully saturated rings. The second kappa shape index (κ2) is 6.86. The Morgan fingerprint density at radius 3 is 2.18 bits per heavy atom. The minimum Gasteiger partial charge on any atom is -0.493 e. The number of benzene rings is 1. The van der Waals surface area contributed by atoms with E-state index < -0.39 is 15.6 Å². The summed E-state index contributed by atoms with van der Waals surface area (Å²) in [5.41, 5.74) is -1.22. The molecule has 0 aliphatic heterocycles. The van der Waals surface area contributed by atoms with Gasteiger partial charge in [0.15, 0.2) is 11.5 Å². The lowest BCUT2D eigenvalue weighted by Crippen LogP contribution is -2.48. The van der Waals surface area contributed by atoms with Gasteiger partial charge in [-0.1, -0.05) is 13.8 Å². The zero-order valence-electron chi connectivity index (χ0n) is 13.1. The molecule has 1 aromatic rings. The maximum Gasteiger partial charge on any atom is 0.243 e. The summed E-state index contributed by atoms with van der Waals surface area (Å²) < 4.78 is 38.2. The molecule has 22 heavy (non-hydrogen) atoms. The van der Waals surface area contributed by atoms with Gasteiger partial charge in [0.25, 0.3) is 0 Å². The number of rotatable bonds is 6. The van der Waals surface area contributed by atoms with Gasteiger partial charge < -0.3 is 9.47 Å². The van der Waals surface area contributed by atoms with E-state index in [0.717, 1.165) is 0 Å². The zero-order chi connectivity index (χ0) is 17.1. The van der Waals surface area contributed by atoms with Gasteiger partial charge in [0.1, 0.15) is 10.4 Å². The van der Waals surface area contributed by atoms with Gasteiger partial charge in [-0.2, -0.15) is 9.98 Å². The average molecular weight is 391 g/mol. The van der Waals surface area contributed by atoms with Crippen molar-refractivity contribution in [2.75, 3.05) is 14.2 Å². The molecule has 122 valence electrons. The van der Waals surface area contributed by atoms with Crippen molar-refractivity contribution in [3.05, 3.63) is 16.6 Å². The van der Waals surface area contributed by atoms with Crippen LogP contribution in [0.5, 0.6) is 11.5 Å². The Balaban J connectivity index is 3.39. The highest BCUT2D eigenvalue weighted by atomic mass is 79.9. The number of sulfonamides is 1. The molecular formula is C14H19BrN2O4S. The first-order chi connectivity index (χ1) is 10.1. The topological polar surface area (TPSA) is 88.4 Å². The molecule has 6 nitrogen and oxygen atoms in total. The molecular weight excluding hydrogens is 372 g/mol. The van der Waals surface area contributed by atoms with Gasteiger partial charge in [-0.15, -0.1) is 0 Å². The number of ether oxygens (including phenoxy) is 2. The van der Waals surface area contributed by atoms with Gasteiger partial charge in [-0.25, -0.2) is 8.42 Å². The summed E-state index contributed by atoms with van der Waals surface area (Å²) >= 11 is 3.22. The van der Waals surface area contributed by atoms with E-state index in [1.165, 1.54) is 26.4 Å². The van der Waals surface area contributed by atoms with E-state index in [1.54, 1.807) is 20.8 Å². The Kier molecular flexibility index (Phi) is 5.84. The van der Waals surface area contributed by atoms with E-state index in [9.17, 15) is 13.7 Å². The average Bonchev–Trinajstić information content (AvgIpc) is 2.45. The predicted molar refractivity (Wildman–Crippen MR) is 86.4 cm³/mol. The van der Waals surface area contributed by atoms with Gasteiger partial charge in [0.2, 0.25) is 10.0 Å². The smallest absolute Gasteiger partial charge is 0.243 e.